The number of aromatic nitrogens is 4. The molecule has 100 valence electrons. The van der Waals surface area contributed by atoms with Crippen LogP contribution >= 0.6 is 0 Å². The lowest BCUT2D eigenvalue weighted by Crippen LogP contribution is -2.14. The Bertz CT molecular complexity index is 608. The van der Waals surface area contributed by atoms with Crippen LogP contribution in [0, 0.1) is 10.1 Å². The maximum atomic E-state index is 11.1. The number of anilines is 1. The number of nitrogens with two attached hydrogens (primary N) is 1. The van der Waals surface area contributed by atoms with E-state index in [0.717, 1.165) is 5.69 Å². The van der Waals surface area contributed by atoms with Crippen LogP contribution in [0.15, 0.2) is 18.6 Å². The van der Waals surface area contributed by atoms with Gasteiger partial charge in [-0.2, -0.15) is 5.10 Å². The topological polar surface area (TPSA) is 125 Å². The van der Waals surface area contributed by atoms with Crippen LogP contribution in [0.3, 0.4) is 0 Å². The normalized spacial score (nSPS) is 10.7. The van der Waals surface area contributed by atoms with Gasteiger partial charge in [-0.15, -0.1) is 0 Å². The Hall–Kier alpha value is -2.55. The molecule has 3 N–H and O–H groups in total. The molecular weight excluding hydrogens is 250 g/mol. The molecule has 0 fully saturated rings. The summed E-state index contributed by atoms with van der Waals surface area (Å²) >= 11 is 0. The molecule has 9 heteroatoms. The molecule has 0 spiro atoms. The fourth-order valence-electron chi connectivity index (χ4n) is 1.57. The van der Waals surface area contributed by atoms with Crippen LogP contribution < -0.4 is 11.3 Å². The zero-order valence-electron chi connectivity index (χ0n) is 10.4. The van der Waals surface area contributed by atoms with E-state index in [0.29, 0.717) is 0 Å². The van der Waals surface area contributed by atoms with E-state index in [-0.39, 0.29) is 23.2 Å². The molecule has 0 atom stereocenters. The number of hydrogen-bond donors (Lipinski definition) is 2. The van der Waals surface area contributed by atoms with Gasteiger partial charge < -0.3 is 5.43 Å². The van der Waals surface area contributed by atoms with E-state index >= 15 is 0 Å². The number of hydrogen-bond acceptors (Lipinski definition) is 7. The number of nitro groups is 1. The van der Waals surface area contributed by atoms with Gasteiger partial charge in [0.2, 0.25) is 11.6 Å². The molecule has 0 aliphatic rings. The Labute approximate surface area is 108 Å². The summed E-state index contributed by atoms with van der Waals surface area (Å²) in [6, 6.07) is 1.78. The Morgan fingerprint density at radius 3 is 2.74 bits per heavy atom. The highest BCUT2D eigenvalue weighted by Crippen LogP contribution is 2.27. The number of nitrogen functional groups attached to an aromatic ring is 1. The molecule has 9 nitrogen and oxygen atoms in total. The molecule has 0 saturated carbocycles. The van der Waals surface area contributed by atoms with Crippen molar-refractivity contribution in [1.29, 1.82) is 0 Å². The summed E-state index contributed by atoms with van der Waals surface area (Å²) in [5.74, 6) is 5.44. The first-order valence-electron chi connectivity index (χ1n) is 5.56. The smallest absolute Gasteiger partial charge is 0.303 e. The summed E-state index contributed by atoms with van der Waals surface area (Å²) in [5.41, 5.74) is 2.68. The summed E-state index contributed by atoms with van der Waals surface area (Å²) in [6.45, 7) is 3.96. The van der Waals surface area contributed by atoms with Gasteiger partial charge in [0.25, 0.3) is 0 Å². The van der Waals surface area contributed by atoms with E-state index in [1.54, 1.807) is 12.3 Å². The van der Waals surface area contributed by atoms with Crippen LogP contribution in [0.4, 0.5) is 11.5 Å². The van der Waals surface area contributed by atoms with Gasteiger partial charge in [0.1, 0.15) is 6.33 Å². The van der Waals surface area contributed by atoms with Crippen molar-refractivity contribution in [2.24, 2.45) is 5.84 Å². The minimum atomic E-state index is -0.596. The third-order valence-corrected chi connectivity index (χ3v) is 2.54. The summed E-state index contributed by atoms with van der Waals surface area (Å²) in [7, 11) is 0. The minimum absolute atomic E-state index is 0.0587. The van der Waals surface area contributed by atoms with Crippen LogP contribution in [0.5, 0.6) is 0 Å². The van der Waals surface area contributed by atoms with Crippen molar-refractivity contribution in [2.75, 3.05) is 5.43 Å². The molecule has 0 radical (unpaired) electrons. The zero-order valence-corrected chi connectivity index (χ0v) is 10.4. The second-order valence-electron chi connectivity index (χ2n) is 4.14. The standard InChI is InChI=1S/C10H13N7O2/c1-6(2)7-3-4-16(15-7)10-8(17(18)19)9(14-11)12-5-13-10/h3-6H,11H2,1-2H3,(H,12,13,14). The van der Waals surface area contributed by atoms with Gasteiger partial charge in [-0.25, -0.2) is 20.5 Å². The molecule has 2 rings (SSSR count). The van der Waals surface area contributed by atoms with Gasteiger partial charge in [-0.1, -0.05) is 13.8 Å². The predicted octanol–water partition coefficient (Wildman–Crippen LogP) is 0.979. The molecule has 0 aliphatic carbocycles. The summed E-state index contributed by atoms with van der Waals surface area (Å²) < 4.78 is 1.34. The number of hydrazine groups is 1. The Balaban J connectivity index is 2.57. The first kappa shape index (κ1) is 12.9. The predicted molar refractivity (Wildman–Crippen MR) is 67.7 cm³/mol. The maximum absolute atomic E-state index is 11.1. The van der Waals surface area contributed by atoms with Crippen LogP contribution in [0.25, 0.3) is 5.82 Å². The van der Waals surface area contributed by atoms with Crippen molar-refractivity contribution in [1.82, 2.24) is 19.7 Å². The minimum Gasteiger partial charge on any atom is -0.303 e. The van der Waals surface area contributed by atoms with Gasteiger partial charge in [0.15, 0.2) is 0 Å². The van der Waals surface area contributed by atoms with Crippen molar-refractivity contribution < 1.29 is 4.92 Å². The molecule has 0 aromatic carbocycles. The Kier molecular flexibility index (Phi) is 3.38. The van der Waals surface area contributed by atoms with Gasteiger partial charge in [-0.05, 0) is 12.0 Å². The average Bonchev–Trinajstić information content (AvgIpc) is 2.87. The highest BCUT2D eigenvalue weighted by Gasteiger charge is 2.24. The molecule has 2 heterocycles. The fourth-order valence-corrected chi connectivity index (χ4v) is 1.57. The van der Waals surface area contributed by atoms with E-state index in [2.05, 4.69) is 20.5 Å². The van der Waals surface area contributed by atoms with Crippen LogP contribution in [-0.4, -0.2) is 24.7 Å². The van der Waals surface area contributed by atoms with Gasteiger partial charge in [0.05, 0.1) is 10.6 Å². The van der Waals surface area contributed by atoms with E-state index in [1.165, 1.54) is 11.0 Å². The average molecular weight is 263 g/mol. The van der Waals surface area contributed by atoms with Crippen molar-refractivity contribution in [3.8, 4) is 5.82 Å². The Morgan fingerprint density at radius 1 is 1.47 bits per heavy atom. The molecule has 0 saturated heterocycles. The monoisotopic (exact) mass is 263 g/mol. The molecule has 0 amide bonds. The molecule has 0 aliphatic heterocycles. The first-order valence-corrected chi connectivity index (χ1v) is 5.56. The highest BCUT2D eigenvalue weighted by molar-refractivity contribution is 5.63. The van der Waals surface area contributed by atoms with Gasteiger partial charge in [0, 0.05) is 6.20 Å². The van der Waals surface area contributed by atoms with Crippen LogP contribution in [-0.2, 0) is 0 Å². The van der Waals surface area contributed by atoms with Crippen molar-refractivity contribution in [3.63, 3.8) is 0 Å². The van der Waals surface area contributed by atoms with Gasteiger partial charge >= 0.3 is 5.69 Å². The first-order chi connectivity index (χ1) is 9.04. The molecule has 0 unspecified atom stereocenters. The van der Waals surface area contributed by atoms with Crippen LogP contribution in [0.1, 0.15) is 25.5 Å². The van der Waals surface area contributed by atoms with Crippen molar-refractivity contribution in [2.45, 2.75) is 19.8 Å². The van der Waals surface area contributed by atoms with E-state index < -0.39 is 4.92 Å². The second kappa shape index (κ2) is 4.98. The van der Waals surface area contributed by atoms with E-state index in [4.69, 9.17) is 5.84 Å². The molecule has 2 aromatic heterocycles. The fraction of sp³-hybridized carbons (Fsp3) is 0.300. The summed E-state index contributed by atoms with van der Waals surface area (Å²) in [6.07, 6.45) is 2.80. The lowest BCUT2D eigenvalue weighted by Gasteiger charge is -2.05. The largest absolute Gasteiger partial charge is 0.356 e. The third-order valence-electron chi connectivity index (χ3n) is 2.54. The van der Waals surface area contributed by atoms with E-state index in [1.807, 2.05) is 13.8 Å². The Morgan fingerprint density at radius 2 is 2.21 bits per heavy atom. The van der Waals surface area contributed by atoms with Gasteiger partial charge in [-0.3, -0.25) is 10.1 Å². The second-order valence-corrected chi connectivity index (χ2v) is 4.14. The maximum Gasteiger partial charge on any atom is 0.356 e. The van der Waals surface area contributed by atoms with Crippen molar-refractivity contribution >= 4 is 11.5 Å². The number of nitrogens with zero attached hydrogens (tertiary/aromatic N) is 5. The van der Waals surface area contributed by atoms with Crippen molar-refractivity contribution in [3.05, 3.63) is 34.4 Å². The quantitative estimate of drug-likeness (QED) is 0.478. The SMILES string of the molecule is CC(C)c1ccn(-c2ncnc(NN)c2[N+](=O)[O-])n1. The highest BCUT2D eigenvalue weighted by atomic mass is 16.6. The lowest BCUT2D eigenvalue weighted by molar-refractivity contribution is -0.384. The van der Waals surface area contributed by atoms with Crippen LogP contribution in [0.2, 0.25) is 0 Å². The lowest BCUT2D eigenvalue weighted by atomic mass is 10.1. The number of rotatable bonds is 4. The molecule has 19 heavy (non-hydrogen) atoms. The summed E-state index contributed by atoms with van der Waals surface area (Å²) in [5, 5.41) is 15.4. The third kappa shape index (κ3) is 2.36. The molecule has 2 aromatic rings. The zero-order chi connectivity index (χ0) is 14.0. The van der Waals surface area contributed by atoms with E-state index in [9.17, 15) is 10.1 Å². The molecule has 0 bridgehead atoms. The summed E-state index contributed by atoms with van der Waals surface area (Å²) in [4.78, 5) is 18.1. The number of nitrogens with one attached hydrogen (secondary N) is 1. The molecular formula is C10H13N7O2.